The van der Waals surface area contributed by atoms with Crippen molar-refractivity contribution >= 4 is 33.2 Å². The topological polar surface area (TPSA) is 68.9 Å². The highest BCUT2D eigenvalue weighted by Crippen LogP contribution is 2.21. The van der Waals surface area contributed by atoms with Gasteiger partial charge in [-0.25, -0.2) is 19.5 Å². The van der Waals surface area contributed by atoms with Gasteiger partial charge in [0.15, 0.2) is 5.65 Å². The van der Waals surface area contributed by atoms with E-state index in [1.165, 1.54) is 0 Å². The molecule has 6 heterocycles. The first-order chi connectivity index (χ1) is 17.5. The maximum Gasteiger partial charge on any atom is 0.154 e. The molecule has 2 fully saturated rings. The maximum atomic E-state index is 4.62. The molecule has 0 spiro atoms. The highest BCUT2D eigenvalue weighted by atomic mass is 79.9. The lowest BCUT2D eigenvalue weighted by molar-refractivity contribution is 0.312. The fourth-order valence-corrected chi connectivity index (χ4v) is 4.56. The van der Waals surface area contributed by atoms with Gasteiger partial charge in [-0.05, 0) is 54.3 Å². The maximum absolute atomic E-state index is 4.62. The molecule has 2 aliphatic heterocycles. The second-order valence-electron chi connectivity index (χ2n) is 9.30. The molecule has 0 N–H and O–H groups in total. The normalized spacial score (nSPS) is 17.2. The van der Waals surface area contributed by atoms with E-state index in [4.69, 9.17) is 0 Å². The summed E-state index contributed by atoms with van der Waals surface area (Å²) < 4.78 is 2.82. The van der Waals surface area contributed by atoms with Crippen molar-refractivity contribution in [2.24, 2.45) is 0 Å². The van der Waals surface area contributed by atoms with Crippen LogP contribution in [-0.4, -0.2) is 101 Å². The van der Waals surface area contributed by atoms with Crippen molar-refractivity contribution in [3.8, 4) is 11.1 Å². The molecular weight excluding hydrogens is 518 g/mol. The molecule has 10 heteroatoms. The summed E-state index contributed by atoms with van der Waals surface area (Å²) in [6.45, 7) is 8.63. The zero-order valence-corrected chi connectivity index (χ0v) is 22.4. The highest BCUT2D eigenvalue weighted by molar-refractivity contribution is 9.10. The van der Waals surface area contributed by atoms with Gasteiger partial charge >= 0.3 is 0 Å². The van der Waals surface area contributed by atoms with Crippen LogP contribution in [0.4, 0.5) is 11.6 Å². The third-order valence-electron chi connectivity index (χ3n) is 6.69. The molecule has 0 aromatic carbocycles. The van der Waals surface area contributed by atoms with E-state index in [2.05, 4.69) is 87.9 Å². The number of likely N-dealkylation sites (N-methyl/N-ethyl adjacent to an activating group) is 2. The average molecular weight is 551 g/mol. The summed E-state index contributed by atoms with van der Waals surface area (Å²) in [6, 6.07) is 10.2. The minimum atomic E-state index is 0.853. The molecule has 4 aromatic rings. The summed E-state index contributed by atoms with van der Waals surface area (Å²) in [7, 11) is 4.32. The van der Waals surface area contributed by atoms with Gasteiger partial charge in [0.05, 0.1) is 6.20 Å². The lowest BCUT2D eigenvalue weighted by atomic mass is 10.1. The van der Waals surface area contributed by atoms with E-state index in [1.807, 2.05) is 36.9 Å². The first-order valence-electron chi connectivity index (χ1n) is 12.3. The molecule has 9 nitrogen and oxygen atoms in total. The summed E-state index contributed by atoms with van der Waals surface area (Å²) in [4.78, 5) is 22.7. The van der Waals surface area contributed by atoms with Gasteiger partial charge in [0.25, 0.3) is 0 Å². The first kappa shape index (κ1) is 24.6. The van der Waals surface area contributed by atoms with E-state index in [-0.39, 0.29) is 0 Å². The lowest BCUT2D eigenvalue weighted by Gasteiger charge is -2.33. The number of anilines is 2. The summed E-state index contributed by atoms with van der Waals surface area (Å²) in [5.74, 6) is 2.13. The number of fused-ring (bicyclic) bond motifs is 1. The van der Waals surface area contributed by atoms with Crippen molar-refractivity contribution in [3.05, 3.63) is 65.8 Å². The van der Waals surface area contributed by atoms with Crippen LogP contribution in [0.3, 0.4) is 0 Å². The Morgan fingerprint density at radius 2 is 1.22 bits per heavy atom. The molecule has 4 aromatic heterocycles. The van der Waals surface area contributed by atoms with E-state index in [0.29, 0.717) is 0 Å². The SMILES string of the molecule is CN1CCN(c2ccc(-c3cnc4ccnn4c3)cn2)CC1.CN1CCN(c2ccc(Br)cn2)CC1. The Hall–Kier alpha value is -3.08. The quantitative estimate of drug-likeness (QED) is 0.386. The van der Waals surface area contributed by atoms with Gasteiger partial charge < -0.3 is 19.6 Å². The van der Waals surface area contributed by atoms with Crippen LogP contribution in [0.1, 0.15) is 0 Å². The molecule has 2 aliphatic rings. The molecule has 0 saturated carbocycles. The van der Waals surface area contributed by atoms with Crippen molar-refractivity contribution in [2.75, 3.05) is 76.3 Å². The van der Waals surface area contributed by atoms with Crippen molar-refractivity contribution in [3.63, 3.8) is 0 Å². The van der Waals surface area contributed by atoms with Gasteiger partial charge in [0.2, 0.25) is 0 Å². The van der Waals surface area contributed by atoms with Gasteiger partial charge in [0.1, 0.15) is 11.6 Å². The zero-order chi connectivity index (χ0) is 24.9. The summed E-state index contributed by atoms with van der Waals surface area (Å²) in [5.41, 5.74) is 2.93. The molecule has 0 amide bonds. The van der Waals surface area contributed by atoms with Crippen molar-refractivity contribution in [1.29, 1.82) is 0 Å². The molecule has 0 unspecified atom stereocenters. The van der Waals surface area contributed by atoms with Crippen molar-refractivity contribution in [1.82, 2.24) is 34.4 Å². The molecule has 0 radical (unpaired) electrons. The van der Waals surface area contributed by atoms with Gasteiger partial charge in [-0.15, -0.1) is 0 Å². The number of halogens is 1. The number of hydrogen-bond acceptors (Lipinski definition) is 8. The lowest BCUT2D eigenvalue weighted by Crippen LogP contribution is -2.44. The fraction of sp³-hybridized carbons (Fsp3) is 0.385. The van der Waals surface area contributed by atoms with Crippen LogP contribution >= 0.6 is 15.9 Å². The molecule has 188 valence electrons. The van der Waals surface area contributed by atoms with Crippen molar-refractivity contribution < 1.29 is 0 Å². The highest BCUT2D eigenvalue weighted by Gasteiger charge is 2.16. The Balaban J connectivity index is 0.000000165. The monoisotopic (exact) mass is 549 g/mol. The molecule has 36 heavy (non-hydrogen) atoms. The largest absolute Gasteiger partial charge is 0.354 e. The van der Waals surface area contributed by atoms with Gasteiger partial charge in [-0.1, -0.05) is 0 Å². The Morgan fingerprint density at radius 3 is 1.78 bits per heavy atom. The minimum Gasteiger partial charge on any atom is -0.354 e. The Kier molecular flexibility index (Phi) is 7.74. The van der Waals surface area contributed by atoms with E-state index < -0.39 is 0 Å². The molecule has 6 rings (SSSR count). The van der Waals surface area contributed by atoms with Crippen LogP contribution in [0.2, 0.25) is 0 Å². The summed E-state index contributed by atoms with van der Waals surface area (Å²) in [5, 5.41) is 4.22. The first-order valence-corrected chi connectivity index (χ1v) is 13.1. The number of pyridine rings is 2. The Bertz CT molecular complexity index is 1240. The molecule has 0 bridgehead atoms. The summed E-state index contributed by atoms with van der Waals surface area (Å²) in [6.07, 6.45) is 9.37. The number of nitrogens with zero attached hydrogens (tertiary/aromatic N) is 9. The molecular formula is C26H32BrN9. The molecule has 2 saturated heterocycles. The van der Waals surface area contributed by atoms with Crippen LogP contribution in [0.25, 0.3) is 16.8 Å². The van der Waals surface area contributed by atoms with Crippen LogP contribution < -0.4 is 9.80 Å². The fourth-order valence-electron chi connectivity index (χ4n) is 4.33. The average Bonchev–Trinajstić information content (AvgIpc) is 3.39. The third kappa shape index (κ3) is 6.00. The van der Waals surface area contributed by atoms with E-state index in [0.717, 1.165) is 85.2 Å². The second-order valence-corrected chi connectivity index (χ2v) is 10.2. The van der Waals surface area contributed by atoms with Gasteiger partial charge in [-0.3, -0.25) is 0 Å². The van der Waals surface area contributed by atoms with Crippen LogP contribution in [0.5, 0.6) is 0 Å². The van der Waals surface area contributed by atoms with Crippen LogP contribution in [0.15, 0.2) is 65.8 Å². The van der Waals surface area contributed by atoms with E-state index >= 15 is 0 Å². The molecule has 0 aliphatic carbocycles. The zero-order valence-electron chi connectivity index (χ0n) is 20.8. The number of hydrogen-bond donors (Lipinski definition) is 0. The van der Waals surface area contributed by atoms with Gasteiger partial charge in [0, 0.05) is 98.8 Å². The van der Waals surface area contributed by atoms with Gasteiger partial charge in [-0.2, -0.15) is 5.10 Å². The Labute approximate surface area is 220 Å². The van der Waals surface area contributed by atoms with Crippen LogP contribution in [-0.2, 0) is 0 Å². The van der Waals surface area contributed by atoms with E-state index in [9.17, 15) is 0 Å². The van der Waals surface area contributed by atoms with Crippen LogP contribution in [0, 0.1) is 0 Å². The standard InChI is InChI=1S/C16H18N6.C10H14BrN3/c1-20-6-8-21(9-7-20)15-3-2-13(10-17-15)14-11-18-16-4-5-19-22(16)12-14;1-13-4-6-14(7-5-13)10-3-2-9(11)8-12-10/h2-5,10-12H,6-9H2,1H3;2-3,8H,4-7H2,1H3. The number of rotatable bonds is 3. The van der Waals surface area contributed by atoms with E-state index in [1.54, 1.807) is 10.7 Å². The predicted molar refractivity (Wildman–Crippen MR) is 148 cm³/mol. The minimum absolute atomic E-state index is 0.853. The number of aromatic nitrogens is 5. The van der Waals surface area contributed by atoms with Crippen molar-refractivity contribution in [2.45, 2.75) is 0 Å². The third-order valence-corrected chi connectivity index (χ3v) is 7.16. The predicted octanol–water partition coefficient (Wildman–Crippen LogP) is 3.14. The summed E-state index contributed by atoms with van der Waals surface area (Å²) >= 11 is 3.39. The molecule has 0 atom stereocenters. The smallest absolute Gasteiger partial charge is 0.154 e. The number of piperazine rings is 2. The Morgan fingerprint density at radius 1 is 0.639 bits per heavy atom. The second kappa shape index (κ2) is 11.3.